The molecule has 0 unspecified atom stereocenters. The molecule has 0 saturated heterocycles. The van der Waals surface area contributed by atoms with Gasteiger partial charge in [0.2, 0.25) is 0 Å². The van der Waals surface area contributed by atoms with Gasteiger partial charge in [-0.3, -0.25) is 0 Å². The monoisotopic (exact) mass is 696 g/mol. The number of anilines is 6. The quantitative estimate of drug-likeness (QED) is 0.146. The lowest BCUT2D eigenvalue weighted by atomic mass is 10.0. The molecule has 0 spiro atoms. The summed E-state index contributed by atoms with van der Waals surface area (Å²) in [4.78, 5) is 4.79. The summed E-state index contributed by atoms with van der Waals surface area (Å²) in [5.74, 6) is 0. The van der Waals surface area contributed by atoms with Crippen LogP contribution < -0.4 is 20.2 Å². The van der Waals surface area contributed by atoms with Crippen molar-refractivity contribution in [1.29, 1.82) is 0 Å². The number of fused-ring (bicyclic) bond motifs is 3. The van der Waals surface area contributed by atoms with Crippen molar-refractivity contribution in [3.63, 3.8) is 0 Å². The van der Waals surface area contributed by atoms with Gasteiger partial charge in [0.05, 0.1) is 0 Å². The van der Waals surface area contributed by atoms with E-state index in [1.807, 2.05) is 0 Å². The molecule has 8 aromatic carbocycles. The maximum Gasteiger partial charge on any atom is 0.114 e. The first-order valence-corrected chi connectivity index (χ1v) is 21.4. The van der Waals surface area contributed by atoms with Crippen LogP contribution in [0.5, 0.6) is 0 Å². The Morgan fingerprint density at radius 2 is 0.566 bits per heavy atom. The third kappa shape index (κ3) is 6.05. The summed E-state index contributed by atoms with van der Waals surface area (Å²) in [6.07, 6.45) is 0. The van der Waals surface area contributed by atoms with Crippen LogP contribution in [0.25, 0.3) is 33.4 Å². The Morgan fingerprint density at radius 1 is 0.283 bits per heavy atom. The molecule has 0 atom stereocenters. The SMILES string of the molecule is C[Si]1(C)c2cc(N(c3ccccc3)c3ccc(-c4ccccc4)cc3)ccc2-c2ccc(N(c3ccccc3)c3ccc(-c4ccccc4)cc3)cc21. The first kappa shape index (κ1) is 32.5. The van der Waals surface area contributed by atoms with Crippen LogP contribution in [0, 0.1) is 0 Å². The summed E-state index contributed by atoms with van der Waals surface area (Å²) in [6, 6.07) is 74.8. The second-order valence-electron chi connectivity index (χ2n) is 14.3. The normalized spacial score (nSPS) is 12.5. The molecular weight excluding hydrogens is 657 g/mol. The summed E-state index contributed by atoms with van der Waals surface area (Å²) < 4.78 is 0. The maximum atomic E-state index is 2.51. The Kier molecular flexibility index (Phi) is 8.34. The lowest BCUT2D eigenvalue weighted by Gasteiger charge is -2.28. The zero-order valence-corrected chi connectivity index (χ0v) is 31.0. The van der Waals surface area contributed by atoms with Gasteiger partial charge in [-0.2, -0.15) is 0 Å². The van der Waals surface area contributed by atoms with E-state index >= 15 is 0 Å². The standard InChI is InChI=1S/C50H40N2Si/c1-53(2)49-35-45(51(41-19-11-5-12-20-41)43-27-23-39(24-28-43)37-15-7-3-8-16-37)31-33-47(49)48-34-32-46(36-50(48)53)52(42-21-13-6-14-22-42)44-29-25-40(26-30-44)38-17-9-4-10-18-38/h3-36H,1-2H3. The highest BCUT2D eigenvalue weighted by Gasteiger charge is 2.38. The Morgan fingerprint density at radius 3 is 0.925 bits per heavy atom. The van der Waals surface area contributed by atoms with Crippen LogP contribution in [0.1, 0.15) is 0 Å². The van der Waals surface area contributed by atoms with E-state index < -0.39 is 8.07 Å². The van der Waals surface area contributed by atoms with Crippen molar-refractivity contribution in [3.8, 4) is 33.4 Å². The fourth-order valence-corrected chi connectivity index (χ4v) is 11.0. The Bertz CT molecular complexity index is 2320. The van der Waals surface area contributed by atoms with Crippen LogP contribution in [-0.2, 0) is 0 Å². The number of rotatable bonds is 8. The molecule has 0 saturated carbocycles. The zero-order chi connectivity index (χ0) is 35.8. The second-order valence-corrected chi connectivity index (χ2v) is 18.6. The van der Waals surface area contributed by atoms with E-state index in [1.54, 1.807) is 0 Å². The minimum absolute atomic E-state index is 1.14. The van der Waals surface area contributed by atoms with Gasteiger partial charge >= 0.3 is 0 Å². The predicted octanol–water partition coefficient (Wildman–Crippen LogP) is 12.8. The molecule has 1 aliphatic rings. The van der Waals surface area contributed by atoms with Crippen LogP contribution in [0.15, 0.2) is 206 Å². The topological polar surface area (TPSA) is 6.48 Å². The van der Waals surface area contributed by atoms with Crippen molar-refractivity contribution in [3.05, 3.63) is 206 Å². The highest BCUT2D eigenvalue weighted by Crippen LogP contribution is 2.41. The molecule has 1 heterocycles. The molecule has 0 aliphatic carbocycles. The lowest BCUT2D eigenvalue weighted by Crippen LogP contribution is -2.49. The van der Waals surface area contributed by atoms with Crippen LogP contribution >= 0.6 is 0 Å². The highest BCUT2D eigenvalue weighted by atomic mass is 28.3. The first-order valence-electron chi connectivity index (χ1n) is 18.4. The van der Waals surface area contributed by atoms with Crippen molar-refractivity contribution >= 4 is 52.6 Å². The molecule has 254 valence electrons. The molecule has 2 nitrogen and oxygen atoms in total. The summed E-state index contributed by atoms with van der Waals surface area (Å²) >= 11 is 0. The van der Waals surface area contributed by atoms with Crippen LogP contribution in [-0.4, -0.2) is 8.07 Å². The van der Waals surface area contributed by atoms with Crippen molar-refractivity contribution in [1.82, 2.24) is 0 Å². The molecule has 0 aromatic heterocycles. The van der Waals surface area contributed by atoms with E-state index in [0.29, 0.717) is 0 Å². The molecule has 3 heteroatoms. The average molecular weight is 697 g/mol. The van der Waals surface area contributed by atoms with Gasteiger partial charge in [0.15, 0.2) is 0 Å². The van der Waals surface area contributed by atoms with Crippen LogP contribution in [0.3, 0.4) is 0 Å². The van der Waals surface area contributed by atoms with Gasteiger partial charge in [0.1, 0.15) is 8.07 Å². The highest BCUT2D eigenvalue weighted by molar-refractivity contribution is 7.04. The molecule has 1 aliphatic heterocycles. The molecule has 0 radical (unpaired) electrons. The smallest absolute Gasteiger partial charge is 0.114 e. The molecule has 0 bridgehead atoms. The molecule has 8 aromatic rings. The van der Waals surface area contributed by atoms with E-state index in [1.165, 1.54) is 55.1 Å². The summed E-state index contributed by atoms with van der Waals surface area (Å²) in [5.41, 5.74) is 14.5. The fraction of sp³-hybridized carbons (Fsp3) is 0.0400. The Balaban J connectivity index is 1.10. The van der Waals surface area contributed by atoms with Crippen molar-refractivity contribution in [2.24, 2.45) is 0 Å². The Labute approximate surface area is 313 Å². The minimum Gasteiger partial charge on any atom is -0.311 e. The predicted molar refractivity (Wildman–Crippen MR) is 229 cm³/mol. The molecule has 0 amide bonds. The number of para-hydroxylation sites is 2. The van der Waals surface area contributed by atoms with Gasteiger partial charge in [-0.05, 0) is 117 Å². The summed E-state index contributed by atoms with van der Waals surface area (Å²) in [5, 5.41) is 2.95. The molecule has 0 fully saturated rings. The van der Waals surface area contributed by atoms with E-state index in [9.17, 15) is 0 Å². The zero-order valence-electron chi connectivity index (χ0n) is 30.0. The maximum absolute atomic E-state index is 2.51. The van der Waals surface area contributed by atoms with Crippen LogP contribution in [0.4, 0.5) is 34.1 Å². The fourth-order valence-electron chi connectivity index (χ4n) is 7.91. The van der Waals surface area contributed by atoms with Gasteiger partial charge in [0, 0.05) is 34.1 Å². The van der Waals surface area contributed by atoms with E-state index in [0.717, 1.165) is 22.7 Å². The average Bonchev–Trinajstić information content (AvgIpc) is 3.45. The van der Waals surface area contributed by atoms with E-state index in [2.05, 4.69) is 229 Å². The number of hydrogen-bond acceptors (Lipinski definition) is 2. The van der Waals surface area contributed by atoms with Gasteiger partial charge < -0.3 is 9.80 Å². The van der Waals surface area contributed by atoms with Gasteiger partial charge in [-0.25, -0.2) is 0 Å². The lowest BCUT2D eigenvalue weighted by molar-refractivity contribution is 1.29. The first-order chi connectivity index (χ1) is 26.0. The third-order valence-electron chi connectivity index (χ3n) is 10.7. The van der Waals surface area contributed by atoms with Gasteiger partial charge in [-0.15, -0.1) is 0 Å². The molecule has 53 heavy (non-hydrogen) atoms. The van der Waals surface area contributed by atoms with E-state index in [4.69, 9.17) is 0 Å². The summed E-state index contributed by atoms with van der Waals surface area (Å²) in [7, 11) is -2.10. The second kappa shape index (κ2) is 13.6. The number of benzene rings is 8. The summed E-state index contributed by atoms with van der Waals surface area (Å²) in [6.45, 7) is 5.02. The van der Waals surface area contributed by atoms with Crippen molar-refractivity contribution in [2.75, 3.05) is 9.80 Å². The molecular formula is C50H40N2Si. The number of nitrogens with zero attached hydrogens (tertiary/aromatic N) is 2. The van der Waals surface area contributed by atoms with Crippen LogP contribution in [0.2, 0.25) is 13.1 Å². The number of hydrogen-bond donors (Lipinski definition) is 0. The van der Waals surface area contributed by atoms with Crippen molar-refractivity contribution in [2.45, 2.75) is 13.1 Å². The van der Waals surface area contributed by atoms with Crippen molar-refractivity contribution < 1.29 is 0 Å². The largest absolute Gasteiger partial charge is 0.311 e. The van der Waals surface area contributed by atoms with E-state index in [-0.39, 0.29) is 0 Å². The van der Waals surface area contributed by atoms with Gasteiger partial charge in [-0.1, -0.05) is 147 Å². The molecule has 9 rings (SSSR count). The minimum atomic E-state index is -2.10. The molecule has 0 N–H and O–H groups in total. The van der Waals surface area contributed by atoms with Gasteiger partial charge in [0.25, 0.3) is 0 Å². The third-order valence-corrected chi connectivity index (χ3v) is 14.2. The Hall–Kier alpha value is -6.42.